The van der Waals surface area contributed by atoms with Gasteiger partial charge in [-0.2, -0.15) is 9.52 Å². The Kier molecular flexibility index (Phi) is 5.18. The minimum absolute atomic E-state index is 0.0851. The van der Waals surface area contributed by atoms with Crippen molar-refractivity contribution in [3.63, 3.8) is 0 Å². The Hall–Kier alpha value is -2.15. The summed E-state index contributed by atoms with van der Waals surface area (Å²) >= 11 is 0. The lowest BCUT2D eigenvalue weighted by molar-refractivity contribution is 0.455. The van der Waals surface area contributed by atoms with Gasteiger partial charge in [0.1, 0.15) is 0 Å². The molecule has 3 rings (SSSR count). The van der Waals surface area contributed by atoms with Crippen molar-refractivity contribution in [3.8, 4) is 11.4 Å². The molecule has 0 radical (unpaired) electrons. The number of benzene rings is 1. The van der Waals surface area contributed by atoms with E-state index in [0.29, 0.717) is 24.4 Å². The third-order valence-electron chi connectivity index (χ3n) is 4.14. The van der Waals surface area contributed by atoms with Gasteiger partial charge >= 0.3 is 0 Å². The zero-order valence-electron chi connectivity index (χ0n) is 13.7. The lowest BCUT2D eigenvalue weighted by Gasteiger charge is -2.17. The van der Waals surface area contributed by atoms with E-state index in [1.54, 1.807) is 12.1 Å². The van der Waals surface area contributed by atoms with Gasteiger partial charge < -0.3 is 0 Å². The van der Waals surface area contributed by atoms with E-state index in [4.69, 9.17) is 0 Å². The van der Waals surface area contributed by atoms with Crippen LogP contribution in [0.25, 0.3) is 11.4 Å². The Labute approximate surface area is 151 Å². The Morgan fingerprint density at radius 3 is 2.62 bits per heavy atom. The summed E-state index contributed by atoms with van der Waals surface area (Å²) < 4.78 is 52.1. The van der Waals surface area contributed by atoms with Crippen LogP contribution in [0.15, 0.2) is 41.1 Å². The molecule has 26 heavy (non-hydrogen) atoms. The van der Waals surface area contributed by atoms with Crippen molar-refractivity contribution in [2.75, 3.05) is 19.6 Å². The molecule has 12 heteroatoms. The highest BCUT2D eigenvalue weighted by Crippen LogP contribution is 2.25. The van der Waals surface area contributed by atoms with Gasteiger partial charge in [0.2, 0.25) is 25.9 Å². The average molecular weight is 398 g/mol. The molecule has 1 aromatic heterocycles. The molecule has 1 aliphatic rings. The van der Waals surface area contributed by atoms with Crippen LogP contribution in [0, 0.1) is 5.92 Å². The highest BCUT2D eigenvalue weighted by Gasteiger charge is 2.32. The van der Waals surface area contributed by atoms with Crippen molar-refractivity contribution < 1.29 is 16.8 Å². The smallest absolute Gasteiger partial charge is 0.211 e. The molecule has 2 heterocycles. The van der Waals surface area contributed by atoms with Crippen LogP contribution in [0.2, 0.25) is 0 Å². The Bertz CT molecular complexity index is 971. The SMILES string of the molecule is C=CS(=O)(=O)NC[C@H]1CCN(S(=O)(=O)c2ccc(-c3nn[nH]n3)cc2)C1. The number of tetrazole rings is 1. The first-order valence-electron chi connectivity index (χ1n) is 7.78. The molecule has 1 aromatic carbocycles. The molecular formula is C14H18N6O4S2. The first-order chi connectivity index (χ1) is 12.3. The summed E-state index contributed by atoms with van der Waals surface area (Å²) in [7, 11) is -7.16. The standard InChI is InChI=1S/C14H18N6O4S2/c1-2-25(21,22)15-9-11-7-8-20(10-11)26(23,24)13-5-3-12(4-6-13)14-16-18-19-17-14/h2-6,11,15H,1,7-10H2,(H,16,17,18,19)/t11-/m1/s1. The maximum atomic E-state index is 12.8. The van der Waals surface area contributed by atoms with Crippen LogP contribution in [0.5, 0.6) is 0 Å². The largest absolute Gasteiger partial charge is 0.243 e. The second kappa shape index (κ2) is 7.23. The quantitative estimate of drug-likeness (QED) is 0.666. The maximum absolute atomic E-state index is 12.8. The van der Waals surface area contributed by atoms with Crippen LogP contribution < -0.4 is 4.72 Å². The lowest BCUT2D eigenvalue weighted by atomic mass is 10.1. The number of hydrogen-bond donors (Lipinski definition) is 2. The van der Waals surface area contributed by atoms with E-state index >= 15 is 0 Å². The highest BCUT2D eigenvalue weighted by atomic mass is 32.2. The Morgan fingerprint density at radius 2 is 2.00 bits per heavy atom. The van der Waals surface area contributed by atoms with E-state index in [0.717, 1.165) is 5.41 Å². The lowest BCUT2D eigenvalue weighted by Crippen LogP contribution is -2.32. The summed E-state index contributed by atoms with van der Waals surface area (Å²) in [5.74, 6) is 0.294. The van der Waals surface area contributed by atoms with Gasteiger partial charge in [-0.15, -0.1) is 10.2 Å². The summed E-state index contributed by atoms with van der Waals surface area (Å²) in [5.41, 5.74) is 0.649. The van der Waals surface area contributed by atoms with E-state index in [1.165, 1.54) is 16.4 Å². The molecule has 0 spiro atoms. The van der Waals surface area contributed by atoms with Crippen LogP contribution in [0.1, 0.15) is 6.42 Å². The third-order valence-corrected chi connectivity index (χ3v) is 7.02. The molecule has 1 atom stereocenters. The molecule has 0 saturated carbocycles. The minimum Gasteiger partial charge on any atom is -0.211 e. The molecule has 10 nitrogen and oxygen atoms in total. The van der Waals surface area contributed by atoms with Crippen LogP contribution >= 0.6 is 0 Å². The summed E-state index contributed by atoms with van der Waals surface area (Å²) in [6, 6.07) is 6.22. The number of H-pyrrole nitrogens is 1. The van der Waals surface area contributed by atoms with E-state index in [9.17, 15) is 16.8 Å². The Morgan fingerprint density at radius 1 is 1.27 bits per heavy atom. The van der Waals surface area contributed by atoms with Crippen LogP contribution in [-0.4, -0.2) is 61.4 Å². The van der Waals surface area contributed by atoms with Crippen molar-refractivity contribution in [1.82, 2.24) is 29.7 Å². The van der Waals surface area contributed by atoms with Gasteiger partial charge in [-0.05, 0) is 41.8 Å². The molecule has 2 N–H and O–H groups in total. The predicted octanol–water partition coefficient (Wildman–Crippen LogP) is -0.0598. The number of hydrogen-bond acceptors (Lipinski definition) is 7. The number of aromatic amines is 1. The second-order valence-electron chi connectivity index (χ2n) is 5.84. The summed E-state index contributed by atoms with van der Waals surface area (Å²) in [6.45, 7) is 4.00. The van der Waals surface area contributed by atoms with Gasteiger partial charge in [0.05, 0.1) is 4.90 Å². The fourth-order valence-corrected chi connectivity index (χ4v) is 4.80. The molecule has 1 saturated heterocycles. The molecule has 0 aliphatic carbocycles. The van der Waals surface area contributed by atoms with Gasteiger partial charge in [0, 0.05) is 30.6 Å². The van der Waals surface area contributed by atoms with Crippen molar-refractivity contribution in [1.29, 1.82) is 0 Å². The van der Waals surface area contributed by atoms with Gasteiger partial charge in [-0.25, -0.2) is 21.6 Å². The van der Waals surface area contributed by atoms with Crippen molar-refractivity contribution >= 4 is 20.0 Å². The number of nitrogens with one attached hydrogen (secondary N) is 2. The Balaban J connectivity index is 1.68. The zero-order chi connectivity index (χ0) is 18.8. The first kappa shape index (κ1) is 18.6. The van der Waals surface area contributed by atoms with Crippen molar-refractivity contribution in [2.24, 2.45) is 5.92 Å². The van der Waals surface area contributed by atoms with E-state index < -0.39 is 20.0 Å². The molecule has 0 amide bonds. The van der Waals surface area contributed by atoms with E-state index in [2.05, 4.69) is 31.9 Å². The fraction of sp³-hybridized carbons (Fsp3) is 0.357. The maximum Gasteiger partial charge on any atom is 0.243 e. The first-order valence-corrected chi connectivity index (χ1v) is 10.8. The molecule has 140 valence electrons. The van der Waals surface area contributed by atoms with Crippen LogP contribution in [0.3, 0.4) is 0 Å². The number of nitrogens with zero attached hydrogens (tertiary/aromatic N) is 4. The van der Waals surface area contributed by atoms with Crippen LogP contribution in [-0.2, 0) is 20.0 Å². The molecule has 1 aliphatic heterocycles. The van der Waals surface area contributed by atoms with Gasteiger partial charge in [-0.1, -0.05) is 6.58 Å². The van der Waals surface area contributed by atoms with Gasteiger partial charge in [0.25, 0.3) is 0 Å². The predicted molar refractivity (Wildman–Crippen MR) is 93.6 cm³/mol. The number of rotatable bonds is 7. The number of aromatic nitrogens is 4. The summed E-state index contributed by atoms with van der Waals surface area (Å²) in [6.07, 6.45) is 0.583. The van der Waals surface area contributed by atoms with Crippen molar-refractivity contribution in [2.45, 2.75) is 11.3 Å². The van der Waals surface area contributed by atoms with Crippen molar-refractivity contribution in [3.05, 3.63) is 36.3 Å². The highest BCUT2D eigenvalue weighted by molar-refractivity contribution is 7.92. The summed E-state index contributed by atoms with van der Waals surface area (Å²) in [5, 5.41) is 14.3. The monoisotopic (exact) mass is 398 g/mol. The second-order valence-corrected chi connectivity index (χ2v) is 9.49. The molecule has 0 unspecified atom stereocenters. The van der Waals surface area contributed by atoms with Crippen LogP contribution in [0.4, 0.5) is 0 Å². The van der Waals surface area contributed by atoms with Gasteiger partial charge in [0.15, 0.2) is 0 Å². The molecule has 1 fully saturated rings. The normalized spacial score (nSPS) is 18.8. The molecule has 2 aromatic rings. The minimum atomic E-state index is -3.64. The third kappa shape index (κ3) is 3.98. The molecular weight excluding hydrogens is 380 g/mol. The fourth-order valence-electron chi connectivity index (χ4n) is 2.68. The summed E-state index contributed by atoms with van der Waals surface area (Å²) in [4.78, 5) is 0.164. The van der Waals surface area contributed by atoms with Gasteiger partial charge in [-0.3, -0.25) is 0 Å². The topological polar surface area (TPSA) is 138 Å². The van der Waals surface area contributed by atoms with E-state index in [-0.39, 0.29) is 23.9 Å². The number of sulfonamides is 2. The average Bonchev–Trinajstić information content (AvgIpc) is 3.32. The van der Waals surface area contributed by atoms with E-state index in [1.807, 2.05) is 0 Å². The molecule has 0 bridgehead atoms. The zero-order valence-corrected chi connectivity index (χ0v) is 15.4.